The molecule has 6 nitrogen and oxygen atoms in total. The monoisotopic (exact) mass is 270 g/mol. The predicted molar refractivity (Wildman–Crippen MR) is 66.5 cm³/mol. The van der Waals surface area contributed by atoms with Crippen molar-refractivity contribution in [2.24, 2.45) is 0 Å². The molecule has 2 saturated heterocycles. The summed E-state index contributed by atoms with van der Waals surface area (Å²) in [4.78, 5) is 0. The smallest absolute Gasteiger partial charge is 0.200 e. The van der Waals surface area contributed by atoms with Crippen LogP contribution in [0.3, 0.4) is 0 Å². The average molecular weight is 270 g/mol. The second-order valence-electron chi connectivity index (χ2n) is 4.55. The van der Waals surface area contributed by atoms with E-state index in [4.69, 9.17) is 29.5 Å². The number of aryl methyl sites for hydroxylation is 1. The van der Waals surface area contributed by atoms with Crippen molar-refractivity contribution in [2.75, 3.05) is 26.4 Å². The van der Waals surface area contributed by atoms with Crippen LogP contribution in [0.25, 0.3) is 0 Å². The second kappa shape index (κ2) is 6.10. The summed E-state index contributed by atoms with van der Waals surface area (Å²) < 4.78 is 15.1. The number of phenolic OH excluding ortho intramolecular Hbond substituents is 3. The number of hydrogen-bond acceptors (Lipinski definition) is 6. The maximum Gasteiger partial charge on any atom is 0.200 e. The first-order valence-electron chi connectivity index (χ1n) is 6.09. The van der Waals surface area contributed by atoms with Crippen molar-refractivity contribution in [1.82, 2.24) is 0 Å². The number of ether oxygens (including phenoxy) is 3. The highest BCUT2D eigenvalue weighted by Gasteiger charge is 2.26. The molecule has 2 heterocycles. The molecule has 0 amide bonds. The van der Waals surface area contributed by atoms with Gasteiger partial charge in [0.05, 0.1) is 26.4 Å². The molecular weight excluding hydrogens is 252 g/mol. The Hall–Kier alpha value is -1.50. The van der Waals surface area contributed by atoms with Gasteiger partial charge in [-0.05, 0) is 18.6 Å². The summed E-state index contributed by atoms with van der Waals surface area (Å²) in [7, 11) is 0. The third-order valence-electron chi connectivity index (χ3n) is 2.74. The van der Waals surface area contributed by atoms with Gasteiger partial charge in [0, 0.05) is 0 Å². The van der Waals surface area contributed by atoms with Crippen molar-refractivity contribution in [1.29, 1.82) is 0 Å². The fraction of sp³-hybridized carbons (Fsp3) is 0.538. The van der Waals surface area contributed by atoms with E-state index in [-0.39, 0.29) is 11.5 Å². The van der Waals surface area contributed by atoms with E-state index >= 15 is 0 Å². The van der Waals surface area contributed by atoms with Gasteiger partial charge in [-0.25, -0.2) is 0 Å². The van der Waals surface area contributed by atoms with Gasteiger partial charge in [-0.2, -0.15) is 0 Å². The molecule has 0 saturated carbocycles. The Kier molecular flexibility index (Phi) is 4.47. The molecule has 19 heavy (non-hydrogen) atoms. The molecule has 0 spiro atoms. The second-order valence-corrected chi connectivity index (χ2v) is 4.55. The number of hydrogen-bond donors (Lipinski definition) is 3. The van der Waals surface area contributed by atoms with E-state index in [9.17, 15) is 0 Å². The summed E-state index contributed by atoms with van der Waals surface area (Å²) in [6.07, 6.45) is 0.785. The Balaban J connectivity index is 0.000000141. The standard InChI is InChI=1S/C7H8O3.C6H10O3/c1-4-2-3-5(8)7(10)6(4)9;1(5-3-8-5)7-2-6-4-9-6/h2-3,8-10H,1H3;5-6H,1-4H2. The first-order valence-corrected chi connectivity index (χ1v) is 6.09. The maximum atomic E-state index is 8.98. The van der Waals surface area contributed by atoms with E-state index in [0.717, 1.165) is 26.4 Å². The molecule has 2 aliphatic rings. The van der Waals surface area contributed by atoms with E-state index in [1.165, 1.54) is 12.1 Å². The molecule has 3 N–H and O–H groups in total. The van der Waals surface area contributed by atoms with Crippen molar-refractivity contribution in [3.8, 4) is 17.2 Å². The van der Waals surface area contributed by atoms with E-state index < -0.39 is 5.75 Å². The molecule has 6 heteroatoms. The van der Waals surface area contributed by atoms with Crippen molar-refractivity contribution in [3.05, 3.63) is 17.7 Å². The van der Waals surface area contributed by atoms with Crippen LogP contribution in [0, 0.1) is 6.92 Å². The maximum absolute atomic E-state index is 8.98. The summed E-state index contributed by atoms with van der Waals surface area (Å²) in [5.74, 6) is -1.02. The Morgan fingerprint density at radius 3 is 2.00 bits per heavy atom. The number of benzene rings is 1. The lowest BCUT2D eigenvalue weighted by Crippen LogP contribution is -2.06. The fourth-order valence-electron chi connectivity index (χ4n) is 1.33. The van der Waals surface area contributed by atoms with Gasteiger partial charge in [0.1, 0.15) is 12.2 Å². The molecule has 0 aromatic heterocycles. The minimum Gasteiger partial charge on any atom is -0.504 e. The minimum atomic E-state index is -0.458. The van der Waals surface area contributed by atoms with Gasteiger partial charge in [0.2, 0.25) is 5.75 Å². The molecular formula is C13H18O6. The molecule has 0 aliphatic carbocycles. The SMILES string of the molecule is C(OCC1CO1)C1CO1.Cc1ccc(O)c(O)c1O. The predicted octanol–water partition coefficient (Wildman–Crippen LogP) is 0.912. The number of phenols is 3. The third-order valence-corrected chi connectivity index (χ3v) is 2.74. The summed E-state index contributed by atoms with van der Waals surface area (Å²) in [5.41, 5.74) is 0.537. The quantitative estimate of drug-likeness (QED) is 0.556. The first kappa shape index (κ1) is 13.9. The molecule has 2 atom stereocenters. The summed E-state index contributed by atoms with van der Waals surface area (Å²) in [6, 6.07) is 2.84. The fourth-order valence-corrected chi connectivity index (χ4v) is 1.33. The topological polar surface area (TPSA) is 95.0 Å². The molecule has 0 radical (unpaired) electrons. The van der Waals surface area contributed by atoms with Crippen LogP contribution in [0.2, 0.25) is 0 Å². The van der Waals surface area contributed by atoms with Gasteiger partial charge in [-0.3, -0.25) is 0 Å². The van der Waals surface area contributed by atoms with Gasteiger partial charge < -0.3 is 29.5 Å². The first-order chi connectivity index (χ1) is 9.08. The van der Waals surface area contributed by atoms with Gasteiger partial charge >= 0.3 is 0 Å². The van der Waals surface area contributed by atoms with Crippen LogP contribution in [0.1, 0.15) is 5.56 Å². The molecule has 0 bridgehead atoms. The van der Waals surface area contributed by atoms with Gasteiger partial charge in [0.15, 0.2) is 11.5 Å². The van der Waals surface area contributed by atoms with Gasteiger partial charge in [0.25, 0.3) is 0 Å². The molecule has 106 valence electrons. The van der Waals surface area contributed by atoms with E-state index in [1.54, 1.807) is 6.92 Å². The third kappa shape index (κ3) is 4.59. The summed E-state index contributed by atoms with van der Waals surface area (Å²) in [5, 5.41) is 26.7. The Morgan fingerprint density at radius 2 is 1.58 bits per heavy atom. The van der Waals surface area contributed by atoms with Crippen molar-refractivity contribution >= 4 is 0 Å². The van der Waals surface area contributed by atoms with Crippen molar-refractivity contribution in [3.63, 3.8) is 0 Å². The lowest BCUT2D eigenvalue weighted by atomic mass is 10.2. The van der Waals surface area contributed by atoms with E-state index in [1.807, 2.05) is 0 Å². The summed E-state index contributed by atoms with van der Waals surface area (Å²) in [6.45, 7) is 4.89. The molecule has 1 aromatic rings. The van der Waals surface area contributed by atoms with Crippen LogP contribution in [0.5, 0.6) is 17.2 Å². The van der Waals surface area contributed by atoms with Crippen LogP contribution < -0.4 is 0 Å². The number of rotatable bonds is 4. The van der Waals surface area contributed by atoms with Crippen LogP contribution in [-0.2, 0) is 14.2 Å². The number of aromatic hydroxyl groups is 3. The molecule has 2 fully saturated rings. The van der Waals surface area contributed by atoms with E-state index in [0.29, 0.717) is 17.8 Å². The average Bonchev–Trinajstić information content (AvgIpc) is 3.26. The highest BCUT2D eigenvalue weighted by molar-refractivity contribution is 5.52. The zero-order chi connectivity index (χ0) is 13.8. The van der Waals surface area contributed by atoms with Crippen LogP contribution in [0.4, 0.5) is 0 Å². The summed E-state index contributed by atoms with van der Waals surface area (Å²) >= 11 is 0. The largest absolute Gasteiger partial charge is 0.504 e. The van der Waals surface area contributed by atoms with Crippen LogP contribution in [0.15, 0.2) is 12.1 Å². The van der Waals surface area contributed by atoms with Crippen LogP contribution >= 0.6 is 0 Å². The Bertz CT molecular complexity index is 386. The zero-order valence-electron chi connectivity index (χ0n) is 10.7. The lowest BCUT2D eigenvalue weighted by Gasteiger charge is -2.01. The van der Waals surface area contributed by atoms with Gasteiger partial charge in [-0.15, -0.1) is 0 Å². The lowest BCUT2D eigenvalue weighted by molar-refractivity contribution is 0.102. The zero-order valence-corrected chi connectivity index (χ0v) is 10.7. The van der Waals surface area contributed by atoms with Gasteiger partial charge in [-0.1, -0.05) is 6.07 Å². The molecule has 2 aliphatic heterocycles. The number of epoxide rings is 2. The molecule has 3 rings (SSSR count). The van der Waals surface area contributed by atoms with Crippen molar-refractivity contribution < 1.29 is 29.5 Å². The highest BCUT2D eigenvalue weighted by atomic mass is 16.6. The minimum absolute atomic E-state index is 0.264. The highest BCUT2D eigenvalue weighted by Crippen LogP contribution is 2.36. The van der Waals surface area contributed by atoms with Crippen LogP contribution in [-0.4, -0.2) is 54.0 Å². The Morgan fingerprint density at radius 1 is 1.05 bits per heavy atom. The van der Waals surface area contributed by atoms with E-state index in [2.05, 4.69) is 0 Å². The van der Waals surface area contributed by atoms with Crippen molar-refractivity contribution in [2.45, 2.75) is 19.1 Å². The normalized spacial score (nSPS) is 23.4. The molecule has 1 aromatic carbocycles. The molecule has 2 unspecified atom stereocenters. The Labute approximate surface area is 111 Å².